The van der Waals surface area contributed by atoms with Crippen molar-refractivity contribution in [1.82, 2.24) is 4.98 Å². The standard InChI is InChI=1S/C5H5N.C2H5N/c1-2-4-6-5-3-1;1-2-3/h1-5H;2-3H,1H3. The number of hydrogen-bond donors (Lipinski definition) is 1. The molecule has 0 spiro atoms. The predicted molar refractivity (Wildman–Crippen MR) is 38.7 cm³/mol. The maximum absolute atomic E-state index is 6.08. The quantitative estimate of drug-likeness (QED) is 0.523. The average molecular weight is 122 g/mol. The van der Waals surface area contributed by atoms with Crippen LogP contribution in [0, 0.1) is 5.41 Å². The summed E-state index contributed by atoms with van der Waals surface area (Å²) >= 11 is 0. The maximum atomic E-state index is 6.08. The first-order valence-electron chi connectivity index (χ1n) is 2.72. The smallest absolute Gasteiger partial charge is 0.0267 e. The molecule has 2 nitrogen and oxygen atoms in total. The second kappa shape index (κ2) is 6.82. The van der Waals surface area contributed by atoms with Crippen molar-refractivity contribution in [3.63, 3.8) is 0 Å². The van der Waals surface area contributed by atoms with Gasteiger partial charge < -0.3 is 5.41 Å². The van der Waals surface area contributed by atoms with E-state index in [4.69, 9.17) is 5.41 Å². The number of nitrogens with zero attached hydrogens (tertiary/aromatic N) is 1. The molecule has 1 rings (SSSR count). The third-order valence-electron chi connectivity index (χ3n) is 0.566. The number of rotatable bonds is 0. The van der Waals surface area contributed by atoms with E-state index in [-0.39, 0.29) is 0 Å². The zero-order valence-corrected chi connectivity index (χ0v) is 5.41. The van der Waals surface area contributed by atoms with Crippen molar-refractivity contribution in [2.24, 2.45) is 0 Å². The van der Waals surface area contributed by atoms with Gasteiger partial charge in [0.2, 0.25) is 0 Å². The molecular formula is C7H10N2. The van der Waals surface area contributed by atoms with Crippen molar-refractivity contribution < 1.29 is 0 Å². The van der Waals surface area contributed by atoms with Crippen molar-refractivity contribution in [3.8, 4) is 0 Å². The Morgan fingerprint density at radius 1 is 1.22 bits per heavy atom. The van der Waals surface area contributed by atoms with Gasteiger partial charge in [-0.25, -0.2) is 0 Å². The van der Waals surface area contributed by atoms with Gasteiger partial charge in [0.15, 0.2) is 0 Å². The Labute approximate surface area is 55.1 Å². The predicted octanol–water partition coefficient (Wildman–Crippen LogP) is 1.74. The summed E-state index contributed by atoms with van der Waals surface area (Å²) in [6.07, 6.45) is 4.75. The Hall–Kier alpha value is -1.18. The van der Waals surface area contributed by atoms with Crippen LogP contribution in [0.2, 0.25) is 0 Å². The van der Waals surface area contributed by atoms with E-state index in [9.17, 15) is 0 Å². The Morgan fingerprint density at radius 3 is 1.78 bits per heavy atom. The SMILES string of the molecule is CC=N.c1ccncc1. The monoisotopic (exact) mass is 122 g/mol. The van der Waals surface area contributed by atoms with Crippen LogP contribution in [0.3, 0.4) is 0 Å². The molecule has 0 bridgehead atoms. The number of hydrogen-bond acceptors (Lipinski definition) is 2. The van der Waals surface area contributed by atoms with Crippen LogP contribution in [0.5, 0.6) is 0 Å². The third kappa shape index (κ3) is 6.82. The van der Waals surface area contributed by atoms with Crippen LogP contribution in [0.25, 0.3) is 0 Å². The molecule has 0 atom stereocenters. The third-order valence-corrected chi connectivity index (χ3v) is 0.566. The lowest BCUT2D eigenvalue weighted by atomic mass is 10.5. The van der Waals surface area contributed by atoms with Crippen LogP contribution in [-0.2, 0) is 0 Å². The van der Waals surface area contributed by atoms with Crippen LogP contribution in [-0.4, -0.2) is 11.2 Å². The molecule has 0 saturated heterocycles. The molecule has 0 radical (unpaired) electrons. The lowest BCUT2D eigenvalue weighted by Gasteiger charge is -1.70. The van der Waals surface area contributed by atoms with E-state index in [1.54, 1.807) is 19.3 Å². The highest BCUT2D eigenvalue weighted by Gasteiger charge is 1.58. The first kappa shape index (κ1) is 7.82. The molecule has 0 saturated carbocycles. The van der Waals surface area contributed by atoms with Gasteiger partial charge in [-0.1, -0.05) is 6.07 Å². The maximum Gasteiger partial charge on any atom is 0.0267 e. The minimum atomic E-state index is 1.25. The molecule has 9 heavy (non-hydrogen) atoms. The lowest BCUT2D eigenvalue weighted by molar-refractivity contribution is 1.33. The zero-order chi connectivity index (χ0) is 6.95. The van der Waals surface area contributed by atoms with E-state index in [0.717, 1.165) is 0 Å². The van der Waals surface area contributed by atoms with E-state index in [1.807, 2.05) is 18.2 Å². The summed E-state index contributed by atoms with van der Waals surface area (Å²) in [6.45, 7) is 1.67. The van der Waals surface area contributed by atoms with Crippen molar-refractivity contribution >= 4 is 6.21 Å². The summed E-state index contributed by atoms with van der Waals surface area (Å²) in [6, 6.07) is 5.72. The fourth-order valence-electron chi connectivity index (χ4n) is 0.313. The summed E-state index contributed by atoms with van der Waals surface area (Å²) in [5, 5.41) is 6.08. The molecule has 48 valence electrons. The van der Waals surface area contributed by atoms with E-state index in [0.29, 0.717) is 0 Å². The average Bonchev–Trinajstić information content (AvgIpc) is 1.93. The van der Waals surface area contributed by atoms with Crippen molar-refractivity contribution in [2.45, 2.75) is 6.92 Å². The molecule has 0 aliphatic rings. The molecular weight excluding hydrogens is 112 g/mol. The molecule has 0 unspecified atom stereocenters. The van der Waals surface area contributed by atoms with E-state index in [2.05, 4.69) is 4.98 Å². The highest BCUT2D eigenvalue weighted by atomic mass is 14.6. The lowest BCUT2D eigenvalue weighted by Crippen LogP contribution is -1.58. The Kier molecular flexibility index (Phi) is 5.93. The minimum absolute atomic E-state index is 1.25. The fourth-order valence-corrected chi connectivity index (χ4v) is 0.313. The van der Waals surface area contributed by atoms with Crippen molar-refractivity contribution in [3.05, 3.63) is 30.6 Å². The van der Waals surface area contributed by atoms with Gasteiger partial charge in [0.25, 0.3) is 0 Å². The second-order valence-electron chi connectivity index (χ2n) is 1.31. The van der Waals surface area contributed by atoms with E-state index >= 15 is 0 Å². The van der Waals surface area contributed by atoms with Crippen LogP contribution in [0.4, 0.5) is 0 Å². The fraction of sp³-hybridized carbons (Fsp3) is 0.143. The molecule has 1 aromatic rings. The Bertz CT molecular complexity index is 110. The first-order valence-corrected chi connectivity index (χ1v) is 2.72. The molecule has 0 fully saturated rings. The van der Waals surface area contributed by atoms with Crippen LogP contribution < -0.4 is 0 Å². The molecule has 2 heteroatoms. The van der Waals surface area contributed by atoms with Gasteiger partial charge in [-0.15, -0.1) is 0 Å². The van der Waals surface area contributed by atoms with Gasteiger partial charge in [-0.2, -0.15) is 0 Å². The van der Waals surface area contributed by atoms with Gasteiger partial charge >= 0.3 is 0 Å². The topological polar surface area (TPSA) is 36.7 Å². The molecule has 0 aromatic carbocycles. The van der Waals surface area contributed by atoms with Crippen LogP contribution in [0.15, 0.2) is 30.6 Å². The number of pyridine rings is 1. The molecule has 1 aromatic heterocycles. The van der Waals surface area contributed by atoms with Crippen molar-refractivity contribution in [1.29, 1.82) is 5.41 Å². The highest BCUT2D eigenvalue weighted by Crippen LogP contribution is 1.73. The highest BCUT2D eigenvalue weighted by molar-refractivity contribution is 5.48. The van der Waals surface area contributed by atoms with Gasteiger partial charge in [0.05, 0.1) is 0 Å². The van der Waals surface area contributed by atoms with Gasteiger partial charge in [-0.05, 0) is 25.3 Å². The Morgan fingerprint density at radius 2 is 1.67 bits per heavy atom. The molecule has 1 N–H and O–H groups in total. The van der Waals surface area contributed by atoms with Gasteiger partial charge in [0.1, 0.15) is 0 Å². The van der Waals surface area contributed by atoms with Crippen molar-refractivity contribution in [2.75, 3.05) is 0 Å². The van der Waals surface area contributed by atoms with E-state index in [1.165, 1.54) is 6.21 Å². The number of nitrogens with one attached hydrogen (secondary N) is 1. The van der Waals surface area contributed by atoms with E-state index < -0.39 is 0 Å². The first-order chi connectivity index (χ1) is 4.41. The largest absolute Gasteiger partial charge is 0.313 e. The van der Waals surface area contributed by atoms with Gasteiger partial charge in [-0.3, -0.25) is 4.98 Å². The molecule has 0 aliphatic carbocycles. The number of aromatic nitrogens is 1. The zero-order valence-electron chi connectivity index (χ0n) is 5.41. The summed E-state index contributed by atoms with van der Waals surface area (Å²) in [7, 11) is 0. The Balaban J connectivity index is 0.000000187. The summed E-state index contributed by atoms with van der Waals surface area (Å²) < 4.78 is 0. The minimum Gasteiger partial charge on any atom is -0.313 e. The summed E-state index contributed by atoms with van der Waals surface area (Å²) in [5.74, 6) is 0. The van der Waals surface area contributed by atoms with Crippen LogP contribution in [0.1, 0.15) is 6.92 Å². The summed E-state index contributed by atoms with van der Waals surface area (Å²) in [4.78, 5) is 3.78. The normalized spacial score (nSPS) is 6.78. The van der Waals surface area contributed by atoms with Gasteiger partial charge in [0, 0.05) is 12.4 Å². The second-order valence-corrected chi connectivity index (χ2v) is 1.31. The van der Waals surface area contributed by atoms with Crippen LogP contribution >= 0.6 is 0 Å². The summed E-state index contributed by atoms with van der Waals surface area (Å²) in [5.41, 5.74) is 0. The molecule has 0 amide bonds. The molecule has 0 aliphatic heterocycles. The molecule has 1 heterocycles.